The van der Waals surface area contributed by atoms with Crippen LogP contribution in [0.2, 0.25) is 0 Å². The first kappa shape index (κ1) is 16.6. The Balaban J connectivity index is 2.37. The molecule has 1 fully saturated rings. The van der Waals surface area contributed by atoms with Gasteiger partial charge in [-0.3, -0.25) is 4.84 Å². The summed E-state index contributed by atoms with van der Waals surface area (Å²) < 4.78 is 5.02. The highest BCUT2D eigenvalue weighted by molar-refractivity contribution is 5.82. The Hall–Kier alpha value is -1.72. The minimum Gasteiger partial charge on any atom is -0.468 e. The number of hydrogen-bond acceptors (Lipinski definition) is 5. The third-order valence-electron chi connectivity index (χ3n) is 4.09. The van der Waals surface area contributed by atoms with Crippen LogP contribution in [0.15, 0.2) is 30.3 Å². The molecule has 1 aromatic carbocycles. The zero-order chi connectivity index (χ0) is 16.2. The molecule has 0 aliphatic carbocycles. The molecule has 1 saturated heterocycles. The SMILES string of the molecule is CCC[C@]1(C(=O)OC)C[C@@](C)(C=O)ON1Cc1ccccc1. The molecule has 1 aliphatic rings. The van der Waals surface area contributed by atoms with Crippen LogP contribution in [0.3, 0.4) is 0 Å². The van der Waals surface area contributed by atoms with Crippen LogP contribution in [0.25, 0.3) is 0 Å². The van der Waals surface area contributed by atoms with E-state index in [0.29, 0.717) is 19.4 Å². The summed E-state index contributed by atoms with van der Waals surface area (Å²) in [7, 11) is 1.37. The van der Waals surface area contributed by atoms with Crippen molar-refractivity contribution < 1.29 is 19.2 Å². The molecule has 2 atom stereocenters. The molecule has 2 rings (SSSR count). The molecule has 0 unspecified atom stereocenters. The molecule has 1 heterocycles. The molecule has 22 heavy (non-hydrogen) atoms. The summed E-state index contributed by atoms with van der Waals surface area (Å²) in [5, 5.41) is 1.63. The molecule has 0 N–H and O–H groups in total. The predicted octanol–water partition coefficient (Wildman–Crippen LogP) is 2.49. The van der Waals surface area contributed by atoms with E-state index >= 15 is 0 Å². The lowest BCUT2D eigenvalue weighted by atomic mass is 9.83. The summed E-state index contributed by atoms with van der Waals surface area (Å²) in [6.07, 6.45) is 2.44. The van der Waals surface area contributed by atoms with Crippen LogP contribution in [0.4, 0.5) is 0 Å². The van der Waals surface area contributed by atoms with Gasteiger partial charge >= 0.3 is 5.97 Å². The highest BCUT2D eigenvalue weighted by Crippen LogP contribution is 2.42. The van der Waals surface area contributed by atoms with Gasteiger partial charge in [-0.1, -0.05) is 43.7 Å². The number of hydroxylamine groups is 2. The third kappa shape index (κ3) is 3.05. The predicted molar refractivity (Wildman–Crippen MR) is 81.8 cm³/mol. The van der Waals surface area contributed by atoms with Crippen molar-refractivity contribution in [2.24, 2.45) is 0 Å². The number of rotatable bonds is 6. The van der Waals surface area contributed by atoms with Gasteiger partial charge in [0.2, 0.25) is 0 Å². The molecular formula is C17H23NO4. The van der Waals surface area contributed by atoms with E-state index in [-0.39, 0.29) is 5.97 Å². The van der Waals surface area contributed by atoms with Gasteiger partial charge in [0.05, 0.1) is 13.7 Å². The number of hydrogen-bond donors (Lipinski definition) is 0. The second-order valence-electron chi connectivity index (χ2n) is 5.99. The third-order valence-corrected chi connectivity index (χ3v) is 4.09. The Labute approximate surface area is 131 Å². The van der Waals surface area contributed by atoms with Crippen LogP contribution in [0.1, 0.15) is 38.7 Å². The Bertz CT molecular complexity index is 533. The summed E-state index contributed by atoms with van der Waals surface area (Å²) in [5.41, 5.74) is -0.908. The molecule has 0 aromatic heterocycles. The van der Waals surface area contributed by atoms with Crippen molar-refractivity contribution in [1.82, 2.24) is 5.06 Å². The normalized spacial score (nSPS) is 28.5. The maximum Gasteiger partial charge on any atom is 0.328 e. The molecule has 1 aromatic rings. The van der Waals surface area contributed by atoms with E-state index in [9.17, 15) is 9.59 Å². The number of esters is 1. The molecule has 0 amide bonds. The van der Waals surface area contributed by atoms with Gasteiger partial charge in [-0.2, -0.15) is 5.06 Å². The first-order valence-electron chi connectivity index (χ1n) is 7.55. The van der Waals surface area contributed by atoms with Gasteiger partial charge in [0.25, 0.3) is 0 Å². The van der Waals surface area contributed by atoms with Crippen molar-refractivity contribution in [2.45, 2.75) is 50.8 Å². The number of nitrogens with zero attached hydrogens (tertiary/aromatic N) is 1. The van der Waals surface area contributed by atoms with Crippen LogP contribution in [0.5, 0.6) is 0 Å². The van der Waals surface area contributed by atoms with Crippen LogP contribution in [0, 0.1) is 0 Å². The van der Waals surface area contributed by atoms with E-state index < -0.39 is 11.1 Å². The lowest BCUT2D eigenvalue weighted by molar-refractivity contribution is -0.224. The minimum absolute atomic E-state index is 0.302. The molecule has 0 saturated carbocycles. The van der Waals surface area contributed by atoms with Crippen molar-refractivity contribution in [2.75, 3.05) is 7.11 Å². The van der Waals surface area contributed by atoms with E-state index in [1.165, 1.54) is 7.11 Å². The number of benzene rings is 1. The van der Waals surface area contributed by atoms with E-state index in [1.54, 1.807) is 12.0 Å². The number of ether oxygens (including phenoxy) is 1. The Morgan fingerprint density at radius 1 is 1.41 bits per heavy atom. The maximum absolute atomic E-state index is 12.5. The molecule has 1 aliphatic heterocycles. The van der Waals surface area contributed by atoms with Crippen LogP contribution >= 0.6 is 0 Å². The average molecular weight is 305 g/mol. The first-order chi connectivity index (χ1) is 10.5. The zero-order valence-electron chi connectivity index (χ0n) is 13.4. The average Bonchev–Trinajstić information content (AvgIpc) is 2.82. The topological polar surface area (TPSA) is 55.8 Å². The van der Waals surface area contributed by atoms with Crippen LogP contribution < -0.4 is 0 Å². The zero-order valence-corrected chi connectivity index (χ0v) is 13.4. The molecule has 0 radical (unpaired) electrons. The highest BCUT2D eigenvalue weighted by atomic mass is 16.7. The number of carbonyl (C=O) groups excluding carboxylic acids is 2. The monoisotopic (exact) mass is 305 g/mol. The first-order valence-corrected chi connectivity index (χ1v) is 7.55. The van der Waals surface area contributed by atoms with Crippen molar-refractivity contribution in [3.05, 3.63) is 35.9 Å². The van der Waals surface area contributed by atoms with E-state index in [1.807, 2.05) is 37.3 Å². The van der Waals surface area contributed by atoms with E-state index in [0.717, 1.165) is 18.3 Å². The number of carbonyl (C=O) groups is 2. The maximum atomic E-state index is 12.5. The summed E-state index contributed by atoms with van der Waals surface area (Å²) in [6, 6.07) is 9.74. The van der Waals surface area contributed by atoms with Crippen LogP contribution in [-0.4, -0.2) is 35.6 Å². The van der Waals surface area contributed by atoms with Crippen molar-refractivity contribution in [1.29, 1.82) is 0 Å². The molecule has 5 heteroatoms. The van der Waals surface area contributed by atoms with Gasteiger partial charge in [-0.25, -0.2) is 4.79 Å². The van der Waals surface area contributed by atoms with Gasteiger partial charge < -0.3 is 9.53 Å². The quantitative estimate of drug-likeness (QED) is 0.597. The Morgan fingerprint density at radius 2 is 2.09 bits per heavy atom. The largest absolute Gasteiger partial charge is 0.468 e. The molecule has 0 bridgehead atoms. The van der Waals surface area contributed by atoms with Gasteiger partial charge in [0.15, 0.2) is 6.29 Å². The Morgan fingerprint density at radius 3 is 2.64 bits per heavy atom. The van der Waals surface area contributed by atoms with E-state index in [4.69, 9.17) is 9.57 Å². The fourth-order valence-electron chi connectivity index (χ4n) is 3.13. The molecule has 120 valence electrons. The lowest BCUT2D eigenvalue weighted by Crippen LogP contribution is -2.50. The van der Waals surface area contributed by atoms with Gasteiger partial charge in [0.1, 0.15) is 11.1 Å². The fraction of sp³-hybridized carbons (Fsp3) is 0.529. The second-order valence-corrected chi connectivity index (χ2v) is 5.99. The van der Waals surface area contributed by atoms with E-state index in [2.05, 4.69) is 0 Å². The summed E-state index contributed by atoms with van der Waals surface area (Å²) in [5.74, 6) is -0.351. The summed E-state index contributed by atoms with van der Waals surface area (Å²) in [4.78, 5) is 29.8. The van der Waals surface area contributed by atoms with Gasteiger partial charge in [-0.05, 0) is 18.9 Å². The van der Waals surface area contributed by atoms with Gasteiger partial charge in [-0.15, -0.1) is 0 Å². The summed E-state index contributed by atoms with van der Waals surface area (Å²) >= 11 is 0. The molecule has 0 spiro atoms. The lowest BCUT2D eigenvalue weighted by Gasteiger charge is -2.33. The standard InChI is InChI=1S/C17H23NO4/c1-4-10-17(15(20)21-3)12-16(2,13-19)22-18(17)11-14-8-6-5-7-9-14/h5-9,13H,4,10-12H2,1-3H3/t16-,17+/m0/s1. The number of methoxy groups -OCH3 is 1. The molecular weight excluding hydrogens is 282 g/mol. The Kier molecular flexibility index (Phi) is 4.98. The van der Waals surface area contributed by atoms with Crippen LogP contribution in [-0.2, 0) is 25.7 Å². The number of aldehydes is 1. The van der Waals surface area contributed by atoms with Crippen molar-refractivity contribution in [3.8, 4) is 0 Å². The summed E-state index contributed by atoms with van der Waals surface area (Å²) in [6.45, 7) is 4.14. The van der Waals surface area contributed by atoms with Gasteiger partial charge in [0, 0.05) is 6.42 Å². The smallest absolute Gasteiger partial charge is 0.328 e. The highest BCUT2D eigenvalue weighted by Gasteiger charge is 2.57. The van der Waals surface area contributed by atoms with Crippen molar-refractivity contribution in [3.63, 3.8) is 0 Å². The van der Waals surface area contributed by atoms with Crippen molar-refractivity contribution >= 4 is 12.3 Å². The minimum atomic E-state index is -1.00. The second kappa shape index (κ2) is 6.58. The molecule has 5 nitrogen and oxygen atoms in total. The fourth-order valence-corrected chi connectivity index (χ4v) is 3.13.